The molecule has 0 aliphatic rings. The Labute approximate surface area is 112 Å². The first-order valence-electron chi connectivity index (χ1n) is 6.21. The van der Waals surface area contributed by atoms with Crippen molar-refractivity contribution >= 4 is 5.91 Å². The monoisotopic (exact) mass is 270 g/mol. The molecule has 5 heteroatoms. The zero-order chi connectivity index (χ0) is 14.8. The van der Waals surface area contributed by atoms with Gasteiger partial charge in [0.05, 0.1) is 11.6 Å². The van der Waals surface area contributed by atoms with Crippen LogP contribution in [0.3, 0.4) is 0 Å². The Balaban J connectivity index is 2.96. The molecule has 1 amide bonds. The van der Waals surface area contributed by atoms with Gasteiger partial charge in [-0.15, -0.1) is 0 Å². The topological polar surface area (TPSA) is 46.3 Å². The molecule has 1 aromatic carbocycles. The molecular formula is C14H20F2N2O. The van der Waals surface area contributed by atoms with Gasteiger partial charge in [-0.25, -0.2) is 8.78 Å². The summed E-state index contributed by atoms with van der Waals surface area (Å²) in [6.45, 7) is 5.23. The fourth-order valence-electron chi connectivity index (χ4n) is 1.73. The van der Waals surface area contributed by atoms with E-state index in [0.29, 0.717) is 12.0 Å². The molecule has 0 aliphatic heterocycles. The maximum absolute atomic E-state index is 13.2. The summed E-state index contributed by atoms with van der Waals surface area (Å²) in [5.41, 5.74) is 5.48. The van der Waals surface area contributed by atoms with E-state index in [9.17, 15) is 13.6 Å². The van der Waals surface area contributed by atoms with Crippen LogP contribution in [0.2, 0.25) is 0 Å². The van der Waals surface area contributed by atoms with Gasteiger partial charge in [0.2, 0.25) is 5.91 Å². The molecule has 0 spiro atoms. The van der Waals surface area contributed by atoms with Crippen molar-refractivity contribution in [1.29, 1.82) is 0 Å². The Morgan fingerprint density at radius 3 is 2.47 bits per heavy atom. The summed E-state index contributed by atoms with van der Waals surface area (Å²) in [5.74, 6) is -2.05. The predicted octanol–water partition coefficient (Wildman–Crippen LogP) is 2.61. The second-order valence-electron chi connectivity index (χ2n) is 5.04. The summed E-state index contributed by atoms with van der Waals surface area (Å²) in [6.07, 6.45) is 0.501. The molecule has 0 saturated heterocycles. The minimum absolute atomic E-state index is 0.229. The predicted molar refractivity (Wildman–Crippen MR) is 70.4 cm³/mol. The number of likely N-dealkylation sites (N-methyl/N-ethyl adjacent to an activating group) is 1. The second-order valence-corrected chi connectivity index (χ2v) is 5.04. The van der Waals surface area contributed by atoms with Crippen LogP contribution >= 0.6 is 0 Å². The molecule has 2 atom stereocenters. The number of halogens is 2. The van der Waals surface area contributed by atoms with Crippen LogP contribution in [0.1, 0.15) is 38.8 Å². The number of nitrogens with zero attached hydrogens (tertiary/aromatic N) is 1. The van der Waals surface area contributed by atoms with Gasteiger partial charge in [-0.3, -0.25) is 4.79 Å². The summed E-state index contributed by atoms with van der Waals surface area (Å²) in [7, 11) is 1.61. The smallest absolute Gasteiger partial charge is 0.242 e. The molecule has 1 rings (SSSR count). The van der Waals surface area contributed by atoms with E-state index in [1.807, 2.05) is 6.92 Å². The van der Waals surface area contributed by atoms with Gasteiger partial charge in [0.1, 0.15) is 0 Å². The Morgan fingerprint density at radius 2 is 2.00 bits per heavy atom. The first-order valence-corrected chi connectivity index (χ1v) is 6.21. The summed E-state index contributed by atoms with van der Waals surface area (Å²) < 4.78 is 26.1. The Bertz CT molecular complexity index is 475. The number of carbonyl (C=O) groups excluding carboxylic acids is 1. The van der Waals surface area contributed by atoms with Crippen molar-refractivity contribution in [2.24, 2.45) is 5.73 Å². The Hall–Kier alpha value is -1.49. The van der Waals surface area contributed by atoms with Crippen molar-refractivity contribution in [3.05, 3.63) is 35.4 Å². The number of benzene rings is 1. The molecule has 0 bridgehead atoms. The van der Waals surface area contributed by atoms with Gasteiger partial charge < -0.3 is 10.6 Å². The van der Waals surface area contributed by atoms with Crippen LogP contribution in [0.15, 0.2) is 18.2 Å². The van der Waals surface area contributed by atoms with Crippen LogP contribution in [-0.2, 0) is 4.79 Å². The third-order valence-electron chi connectivity index (χ3n) is 3.55. The highest BCUT2D eigenvalue weighted by Gasteiger charge is 2.31. The molecule has 19 heavy (non-hydrogen) atoms. The number of amides is 1. The van der Waals surface area contributed by atoms with Crippen molar-refractivity contribution in [2.45, 2.75) is 38.8 Å². The van der Waals surface area contributed by atoms with Crippen LogP contribution in [0.25, 0.3) is 0 Å². The average Bonchev–Trinajstić information content (AvgIpc) is 2.39. The highest BCUT2D eigenvalue weighted by molar-refractivity contribution is 5.85. The molecule has 0 heterocycles. The van der Waals surface area contributed by atoms with E-state index in [4.69, 9.17) is 5.73 Å². The summed E-state index contributed by atoms with van der Waals surface area (Å²) in [6, 6.07) is 3.24. The first-order chi connectivity index (χ1) is 8.70. The number of hydrogen-bond acceptors (Lipinski definition) is 2. The van der Waals surface area contributed by atoms with Crippen molar-refractivity contribution in [3.8, 4) is 0 Å². The number of rotatable bonds is 4. The third-order valence-corrected chi connectivity index (χ3v) is 3.55. The largest absolute Gasteiger partial charge is 0.337 e. The minimum atomic E-state index is -0.957. The molecule has 0 aliphatic carbocycles. The number of nitrogens with two attached hydrogens (primary N) is 1. The van der Waals surface area contributed by atoms with Crippen LogP contribution in [-0.4, -0.2) is 23.4 Å². The number of carbonyl (C=O) groups is 1. The van der Waals surface area contributed by atoms with Crippen LogP contribution in [0, 0.1) is 11.6 Å². The molecule has 0 fully saturated rings. The molecule has 3 nitrogen and oxygen atoms in total. The fourth-order valence-corrected chi connectivity index (χ4v) is 1.73. The van der Waals surface area contributed by atoms with Crippen molar-refractivity contribution in [2.75, 3.05) is 7.05 Å². The van der Waals surface area contributed by atoms with E-state index in [0.717, 1.165) is 12.1 Å². The van der Waals surface area contributed by atoms with Crippen molar-refractivity contribution in [1.82, 2.24) is 4.90 Å². The lowest BCUT2D eigenvalue weighted by molar-refractivity contribution is -0.137. The highest BCUT2D eigenvalue weighted by atomic mass is 19.2. The molecule has 0 radical (unpaired) electrons. The Morgan fingerprint density at radius 1 is 1.42 bits per heavy atom. The SMILES string of the molecule is CCC(C)(N)C(=O)N(C)C(C)c1ccc(F)c(F)c1. The molecule has 106 valence electrons. The lowest BCUT2D eigenvalue weighted by atomic mass is 9.97. The molecule has 2 N–H and O–H groups in total. The molecular weight excluding hydrogens is 250 g/mol. The van der Waals surface area contributed by atoms with Crippen LogP contribution in [0.5, 0.6) is 0 Å². The molecule has 0 saturated carbocycles. The molecule has 0 aromatic heterocycles. The molecule has 1 aromatic rings. The first kappa shape index (κ1) is 15.6. The van der Waals surface area contributed by atoms with E-state index in [-0.39, 0.29) is 11.9 Å². The van der Waals surface area contributed by atoms with E-state index in [1.54, 1.807) is 20.9 Å². The lowest BCUT2D eigenvalue weighted by Crippen LogP contribution is -2.52. The zero-order valence-electron chi connectivity index (χ0n) is 11.7. The van der Waals surface area contributed by atoms with Gasteiger partial charge in [-0.1, -0.05) is 13.0 Å². The number of hydrogen-bond donors (Lipinski definition) is 1. The fraction of sp³-hybridized carbons (Fsp3) is 0.500. The van der Waals surface area contributed by atoms with Gasteiger partial charge in [-0.05, 0) is 38.0 Å². The van der Waals surface area contributed by atoms with Gasteiger partial charge >= 0.3 is 0 Å². The van der Waals surface area contributed by atoms with Crippen LogP contribution in [0.4, 0.5) is 8.78 Å². The molecule has 2 unspecified atom stereocenters. The van der Waals surface area contributed by atoms with Crippen molar-refractivity contribution < 1.29 is 13.6 Å². The van der Waals surface area contributed by atoms with E-state index in [2.05, 4.69) is 0 Å². The average molecular weight is 270 g/mol. The van der Waals surface area contributed by atoms with Crippen LogP contribution < -0.4 is 5.73 Å². The normalized spacial score (nSPS) is 15.7. The minimum Gasteiger partial charge on any atom is -0.337 e. The quantitative estimate of drug-likeness (QED) is 0.914. The van der Waals surface area contributed by atoms with Gasteiger partial charge in [-0.2, -0.15) is 0 Å². The summed E-state index contributed by atoms with van der Waals surface area (Å²) in [4.78, 5) is 13.7. The maximum atomic E-state index is 13.2. The van der Waals surface area contributed by atoms with E-state index >= 15 is 0 Å². The maximum Gasteiger partial charge on any atom is 0.242 e. The third kappa shape index (κ3) is 3.29. The zero-order valence-corrected chi connectivity index (χ0v) is 11.7. The Kier molecular flexibility index (Phi) is 4.63. The van der Waals surface area contributed by atoms with E-state index in [1.165, 1.54) is 11.0 Å². The second kappa shape index (κ2) is 5.65. The van der Waals surface area contributed by atoms with Gasteiger partial charge in [0.15, 0.2) is 11.6 Å². The standard InChI is InChI=1S/C14H20F2N2O/c1-5-14(3,17)13(19)18(4)9(2)10-6-7-11(15)12(16)8-10/h6-9H,5,17H2,1-4H3. The van der Waals surface area contributed by atoms with Gasteiger partial charge in [0.25, 0.3) is 0 Å². The summed E-state index contributed by atoms with van der Waals surface area (Å²) >= 11 is 0. The van der Waals surface area contributed by atoms with Gasteiger partial charge in [0, 0.05) is 7.05 Å². The summed E-state index contributed by atoms with van der Waals surface area (Å²) in [5, 5.41) is 0. The van der Waals surface area contributed by atoms with E-state index < -0.39 is 17.2 Å². The van der Waals surface area contributed by atoms with Crippen molar-refractivity contribution in [3.63, 3.8) is 0 Å². The highest BCUT2D eigenvalue weighted by Crippen LogP contribution is 2.23. The lowest BCUT2D eigenvalue weighted by Gasteiger charge is -2.32.